The summed E-state index contributed by atoms with van der Waals surface area (Å²) >= 11 is 0. The zero-order valence-corrected chi connectivity index (χ0v) is 11.6. The van der Waals surface area contributed by atoms with Gasteiger partial charge < -0.3 is 5.11 Å². The molecule has 2 nitrogen and oxygen atoms in total. The Kier molecular flexibility index (Phi) is 4.87. The molecular weight excluding hydrogens is 210 g/mol. The van der Waals surface area contributed by atoms with E-state index in [-0.39, 0.29) is 6.10 Å². The van der Waals surface area contributed by atoms with Crippen LogP contribution in [0.2, 0.25) is 0 Å². The van der Waals surface area contributed by atoms with Crippen molar-refractivity contribution >= 4 is 0 Å². The largest absolute Gasteiger partial charge is 0.392 e. The summed E-state index contributed by atoms with van der Waals surface area (Å²) < 4.78 is 0. The summed E-state index contributed by atoms with van der Waals surface area (Å²) in [4.78, 5) is 2.57. The molecule has 0 radical (unpaired) electrons. The first-order chi connectivity index (χ1) is 8.22. The summed E-state index contributed by atoms with van der Waals surface area (Å²) in [7, 11) is 0. The lowest BCUT2D eigenvalue weighted by Crippen LogP contribution is -2.42. The third kappa shape index (κ3) is 3.23. The highest BCUT2D eigenvalue weighted by Crippen LogP contribution is 2.30. The first kappa shape index (κ1) is 13.4. The molecule has 0 aromatic rings. The Balaban J connectivity index is 1.85. The number of aliphatic hydroxyl groups excluding tert-OH is 1. The third-order valence-corrected chi connectivity index (χ3v) is 5.02. The van der Waals surface area contributed by atoms with Crippen LogP contribution in [-0.4, -0.2) is 34.7 Å². The van der Waals surface area contributed by atoms with Crippen molar-refractivity contribution in [2.24, 2.45) is 5.92 Å². The molecule has 0 aromatic carbocycles. The summed E-state index contributed by atoms with van der Waals surface area (Å²) in [5.41, 5.74) is 0. The minimum absolute atomic E-state index is 0.0788. The van der Waals surface area contributed by atoms with Gasteiger partial charge in [0.2, 0.25) is 0 Å². The molecule has 2 rings (SSSR count). The highest BCUT2D eigenvalue weighted by atomic mass is 16.3. The predicted octanol–water partition coefficient (Wildman–Crippen LogP) is 3.19. The van der Waals surface area contributed by atoms with Gasteiger partial charge in [-0.25, -0.2) is 0 Å². The second-order valence-corrected chi connectivity index (χ2v) is 6.15. The molecular formula is C15H29NO. The van der Waals surface area contributed by atoms with Gasteiger partial charge in [-0.15, -0.1) is 0 Å². The second kappa shape index (κ2) is 6.19. The Morgan fingerprint density at radius 1 is 1.12 bits per heavy atom. The van der Waals surface area contributed by atoms with E-state index in [0.29, 0.717) is 12.0 Å². The van der Waals surface area contributed by atoms with Crippen LogP contribution in [-0.2, 0) is 0 Å². The number of nitrogens with zero attached hydrogens (tertiary/aromatic N) is 1. The fourth-order valence-corrected chi connectivity index (χ4v) is 3.78. The van der Waals surface area contributed by atoms with Gasteiger partial charge in [0, 0.05) is 18.6 Å². The summed E-state index contributed by atoms with van der Waals surface area (Å²) in [6, 6.07) is 1.40. The first-order valence-electron chi connectivity index (χ1n) is 7.66. The molecule has 2 heteroatoms. The van der Waals surface area contributed by atoms with Crippen LogP contribution in [0, 0.1) is 5.92 Å². The van der Waals surface area contributed by atoms with Gasteiger partial charge in [-0.05, 0) is 44.9 Å². The van der Waals surface area contributed by atoms with E-state index in [1.54, 1.807) is 0 Å². The number of hydrogen-bond donors (Lipinski definition) is 1. The molecule has 2 fully saturated rings. The van der Waals surface area contributed by atoms with E-state index < -0.39 is 0 Å². The number of aliphatic hydroxyl groups is 1. The lowest BCUT2D eigenvalue weighted by molar-refractivity contribution is 0.0325. The van der Waals surface area contributed by atoms with Crippen molar-refractivity contribution in [2.75, 3.05) is 6.54 Å². The van der Waals surface area contributed by atoms with Crippen LogP contribution >= 0.6 is 0 Å². The van der Waals surface area contributed by atoms with Gasteiger partial charge in [0.15, 0.2) is 0 Å². The zero-order chi connectivity index (χ0) is 12.3. The van der Waals surface area contributed by atoms with E-state index in [1.807, 2.05) is 0 Å². The fraction of sp³-hybridized carbons (Fsp3) is 1.00. The van der Waals surface area contributed by atoms with Gasteiger partial charge in [-0.1, -0.05) is 26.2 Å². The van der Waals surface area contributed by atoms with E-state index in [0.717, 1.165) is 12.6 Å². The van der Waals surface area contributed by atoms with Crippen LogP contribution in [0.15, 0.2) is 0 Å². The van der Waals surface area contributed by atoms with Crippen molar-refractivity contribution < 1.29 is 5.11 Å². The van der Waals surface area contributed by atoms with Gasteiger partial charge >= 0.3 is 0 Å². The summed E-state index contributed by atoms with van der Waals surface area (Å²) in [6.45, 7) is 5.52. The van der Waals surface area contributed by atoms with Crippen molar-refractivity contribution in [3.05, 3.63) is 0 Å². The zero-order valence-electron chi connectivity index (χ0n) is 11.6. The van der Waals surface area contributed by atoms with Crippen LogP contribution in [0.1, 0.15) is 65.2 Å². The number of hydrogen-bond acceptors (Lipinski definition) is 2. The van der Waals surface area contributed by atoms with E-state index in [4.69, 9.17) is 0 Å². The van der Waals surface area contributed by atoms with Gasteiger partial charge in [0.25, 0.3) is 0 Å². The van der Waals surface area contributed by atoms with E-state index >= 15 is 0 Å². The monoisotopic (exact) mass is 239 g/mol. The Labute approximate surface area is 106 Å². The van der Waals surface area contributed by atoms with Crippen molar-refractivity contribution in [3.8, 4) is 0 Å². The third-order valence-electron chi connectivity index (χ3n) is 5.02. The van der Waals surface area contributed by atoms with Crippen LogP contribution in [0.3, 0.4) is 0 Å². The molecule has 0 spiro atoms. The molecule has 1 aliphatic carbocycles. The number of rotatable bonds is 4. The molecule has 0 bridgehead atoms. The molecule has 17 heavy (non-hydrogen) atoms. The summed E-state index contributed by atoms with van der Waals surface area (Å²) in [6.07, 6.45) is 10.3. The number of likely N-dealkylation sites (tertiary alicyclic amines) is 1. The summed E-state index contributed by atoms with van der Waals surface area (Å²) in [5.74, 6) is 0.578. The molecule has 100 valence electrons. The number of β-amino-alcohol motifs (C(OH)–C–C–N with tert-alkyl or cyclic N) is 1. The van der Waals surface area contributed by atoms with E-state index in [1.165, 1.54) is 51.4 Å². The average Bonchev–Trinajstić information content (AvgIpc) is 2.71. The normalized spacial score (nSPS) is 34.1. The van der Waals surface area contributed by atoms with Gasteiger partial charge in [-0.2, -0.15) is 0 Å². The average molecular weight is 239 g/mol. The lowest BCUT2D eigenvalue weighted by atomic mass is 9.85. The Morgan fingerprint density at radius 3 is 2.47 bits per heavy atom. The maximum atomic E-state index is 10.4. The Morgan fingerprint density at radius 2 is 1.82 bits per heavy atom. The van der Waals surface area contributed by atoms with Crippen LogP contribution in [0.25, 0.3) is 0 Å². The molecule has 1 N–H and O–H groups in total. The van der Waals surface area contributed by atoms with Crippen molar-refractivity contribution in [3.63, 3.8) is 0 Å². The maximum absolute atomic E-state index is 10.4. The standard InChI is InChI=1S/C15H29NO/c1-3-14-10-9-12(2)16(14)11-15(17)13-7-5-4-6-8-13/h12-15,17H,3-11H2,1-2H3. The minimum atomic E-state index is -0.0788. The molecule has 3 unspecified atom stereocenters. The van der Waals surface area contributed by atoms with Gasteiger partial charge in [0.1, 0.15) is 0 Å². The van der Waals surface area contributed by atoms with Crippen LogP contribution in [0.4, 0.5) is 0 Å². The molecule has 2 aliphatic rings. The highest BCUT2D eigenvalue weighted by Gasteiger charge is 2.32. The quantitative estimate of drug-likeness (QED) is 0.814. The van der Waals surface area contributed by atoms with Crippen molar-refractivity contribution in [2.45, 2.75) is 83.4 Å². The molecule has 1 heterocycles. The molecule has 1 aliphatic heterocycles. The smallest absolute Gasteiger partial charge is 0.0695 e. The lowest BCUT2D eigenvalue weighted by Gasteiger charge is -2.34. The van der Waals surface area contributed by atoms with E-state index in [2.05, 4.69) is 18.7 Å². The molecule has 0 amide bonds. The molecule has 1 saturated heterocycles. The maximum Gasteiger partial charge on any atom is 0.0695 e. The second-order valence-electron chi connectivity index (χ2n) is 6.15. The van der Waals surface area contributed by atoms with Gasteiger partial charge in [-0.3, -0.25) is 4.90 Å². The van der Waals surface area contributed by atoms with Gasteiger partial charge in [0.05, 0.1) is 6.10 Å². The Bertz CT molecular complexity index is 225. The van der Waals surface area contributed by atoms with Crippen LogP contribution in [0.5, 0.6) is 0 Å². The van der Waals surface area contributed by atoms with Crippen molar-refractivity contribution in [1.29, 1.82) is 0 Å². The van der Waals surface area contributed by atoms with Crippen molar-refractivity contribution in [1.82, 2.24) is 4.90 Å². The van der Waals surface area contributed by atoms with Crippen LogP contribution < -0.4 is 0 Å². The van der Waals surface area contributed by atoms with E-state index in [9.17, 15) is 5.11 Å². The Hall–Kier alpha value is -0.0800. The topological polar surface area (TPSA) is 23.5 Å². The SMILES string of the molecule is CCC1CCC(C)N1CC(O)C1CCCCC1. The first-order valence-corrected chi connectivity index (χ1v) is 7.66. The summed E-state index contributed by atoms with van der Waals surface area (Å²) in [5, 5.41) is 10.4. The molecule has 3 atom stereocenters. The predicted molar refractivity (Wildman–Crippen MR) is 72.1 cm³/mol. The molecule has 1 saturated carbocycles. The fourth-order valence-electron chi connectivity index (χ4n) is 3.78. The highest BCUT2D eigenvalue weighted by molar-refractivity contribution is 4.87. The minimum Gasteiger partial charge on any atom is -0.392 e. The molecule has 0 aromatic heterocycles.